The minimum absolute atomic E-state index is 0.00334. The number of amides is 1. The van der Waals surface area contributed by atoms with Crippen molar-refractivity contribution in [3.8, 4) is 5.75 Å². The third kappa shape index (κ3) is 4.05. The number of benzene rings is 2. The minimum atomic E-state index is -0.659. The zero-order valence-electron chi connectivity index (χ0n) is 21.3. The van der Waals surface area contributed by atoms with Crippen LogP contribution in [-0.2, 0) is 19.1 Å². The average molecular weight is 533 g/mol. The quantitative estimate of drug-likeness (QED) is 0.394. The Bertz CT molecular complexity index is 1460. The number of nitrogens with zero attached hydrogens (tertiary/aromatic N) is 2. The normalized spacial score (nSPS) is 22.8. The number of anilines is 1. The lowest BCUT2D eigenvalue weighted by Gasteiger charge is -2.35. The van der Waals surface area contributed by atoms with Crippen molar-refractivity contribution in [3.05, 3.63) is 64.9 Å². The molecule has 3 aromatic rings. The van der Waals surface area contributed by atoms with Crippen LogP contribution in [0.5, 0.6) is 5.75 Å². The van der Waals surface area contributed by atoms with E-state index in [-0.39, 0.29) is 36.1 Å². The lowest BCUT2D eigenvalue weighted by molar-refractivity contribution is -0.131. The number of carbonyl (C=O) groups excluding carboxylic acids is 3. The molecule has 1 aliphatic carbocycles. The summed E-state index contributed by atoms with van der Waals surface area (Å²) in [5.74, 6) is -0.150. The third-order valence-corrected chi connectivity index (χ3v) is 8.38. The molecule has 1 fully saturated rings. The van der Waals surface area contributed by atoms with Gasteiger partial charge in [0.2, 0.25) is 0 Å². The molecule has 0 spiro atoms. The highest BCUT2D eigenvalue weighted by Crippen LogP contribution is 2.49. The molecule has 0 N–H and O–H groups in total. The van der Waals surface area contributed by atoms with Gasteiger partial charge in [-0.05, 0) is 69.0 Å². The number of esters is 1. The average Bonchev–Trinajstić information content (AvgIpc) is 3.48. The van der Waals surface area contributed by atoms with Crippen molar-refractivity contribution in [2.45, 2.75) is 51.7 Å². The van der Waals surface area contributed by atoms with Crippen LogP contribution < -0.4 is 9.64 Å². The highest BCUT2D eigenvalue weighted by atomic mass is 32.1. The van der Waals surface area contributed by atoms with Crippen molar-refractivity contribution in [1.82, 2.24) is 4.98 Å². The van der Waals surface area contributed by atoms with Gasteiger partial charge >= 0.3 is 5.97 Å². The van der Waals surface area contributed by atoms with Gasteiger partial charge in [-0.1, -0.05) is 29.9 Å². The number of hydrogen-bond donors (Lipinski definition) is 0. The van der Waals surface area contributed by atoms with Gasteiger partial charge in [-0.15, -0.1) is 0 Å². The van der Waals surface area contributed by atoms with Crippen LogP contribution in [-0.4, -0.2) is 42.0 Å². The van der Waals surface area contributed by atoms with Crippen LogP contribution in [0.1, 0.15) is 61.5 Å². The van der Waals surface area contributed by atoms with Gasteiger partial charge in [0.1, 0.15) is 11.9 Å². The lowest BCUT2D eigenvalue weighted by atomic mass is 9.77. The van der Waals surface area contributed by atoms with E-state index in [1.807, 2.05) is 31.2 Å². The van der Waals surface area contributed by atoms with Crippen LogP contribution in [0.25, 0.3) is 10.2 Å². The highest BCUT2D eigenvalue weighted by Gasteiger charge is 2.53. The number of rotatable bonds is 6. The fraction of sp³-hybridized carbons (Fsp3) is 0.379. The molecular formula is C29H28N2O6S. The molecule has 1 aromatic heterocycles. The van der Waals surface area contributed by atoms with E-state index >= 15 is 0 Å². The Labute approximate surface area is 224 Å². The molecule has 0 bridgehead atoms. The number of thiazole rings is 1. The molecule has 2 aromatic carbocycles. The Morgan fingerprint density at radius 3 is 2.63 bits per heavy atom. The maximum absolute atomic E-state index is 13.9. The van der Waals surface area contributed by atoms with E-state index in [1.54, 1.807) is 30.0 Å². The summed E-state index contributed by atoms with van der Waals surface area (Å²) in [6.45, 7) is 4.50. The van der Waals surface area contributed by atoms with Crippen molar-refractivity contribution in [1.29, 1.82) is 0 Å². The lowest BCUT2D eigenvalue weighted by Crippen LogP contribution is -2.39. The Morgan fingerprint density at radius 2 is 1.87 bits per heavy atom. The van der Waals surface area contributed by atoms with E-state index in [0.29, 0.717) is 34.1 Å². The maximum atomic E-state index is 13.9. The molecule has 3 unspecified atom stereocenters. The zero-order valence-corrected chi connectivity index (χ0v) is 22.1. The van der Waals surface area contributed by atoms with Gasteiger partial charge in [-0.3, -0.25) is 14.5 Å². The largest absolute Gasteiger partial charge is 0.494 e. The predicted molar refractivity (Wildman–Crippen MR) is 142 cm³/mol. The van der Waals surface area contributed by atoms with E-state index < -0.39 is 12.0 Å². The second kappa shape index (κ2) is 9.87. The van der Waals surface area contributed by atoms with E-state index in [9.17, 15) is 14.4 Å². The standard InChI is InChI=1S/C29H28N2O6S/c1-3-35-18-12-9-16(10-13-18)24-23-25(32)19-7-5-6-8-21(19)37-26(23)27(33)31(24)29-30-20-14-11-17(15-22(20)38-29)28(34)36-4-2/h9-15,19,21,24H,3-8H2,1-2H3. The number of carbonyl (C=O) groups is 3. The van der Waals surface area contributed by atoms with E-state index in [4.69, 9.17) is 19.2 Å². The molecule has 9 heteroatoms. The molecule has 196 valence electrons. The molecule has 8 nitrogen and oxygen atoms in total. The first-order valence-corrected chi connectivity index (χ1v) is 13.9. The molecule has 0 radical (unpaired) electrons. The number of fused-ring (bicyclic) bond motifs is 2. The maximum Gasteiger partial charge on any atom is 0.338 e. The highest BCUT2D eigenvalue weighted by molar-refractivity contribution is 7.22. The summed E-state index contributed by atoms with van der Waals surface area (Å²) in [4.78, 5) is 46.4. The summed E-state index contributed by atoms with van der Waals surface area (Å²) in [5.41, 5.74) is 2.27. The molecule has 0 saturated heterocycles. The molecule has 6 rings (SSSR count). The summed E-state index contributed by atoms with van der Waals surface area (Å²) >= 11 is 1.30. The number of hydrogen-bond acceptors (Lipinski definition) is 8. The van der Waals surface area contributed by atoms with Crippen LogP contribution in [0, 0.1) is 5.92 Å². The molecular weight excluding hydrogens is 504 g/mol. The Balaban J connectivity index is 1.44. The first kappa shape index (κ1) is 24.6. The number of Topliss-reactive ketones (excluding diaryl/α,β-unsaturated/α-hetero) is 1. The fourth-order valence-corrected chi connectivity index (χ4v) is 6.66. The van der Waals surface area contributed by atoms with Crippen molar-refractivity contribution in [3.63, 3.8) is 0 Å². The molecule has 3 aliphatic rings. The van der Waals surface area contributed by atoms with Gasteiger partial charge < -0.3 is 14.2 Å². The van der Waals surface area contributed by atoms with E-state index in [1.165, 1.54) is 11.3 Å². The summed E-state index contributed by atoms with van der Waals surface area (Å²) in [7, 11) is 0. The number of ketones is 1. The first-order valence-electron chi connectivity index (χ1n) is 13.1. The van der Waals surface area contributed by atoms with Crippen LogP contribution >= 0.6 is 11.3 Å². The predicted octanol–water partition coefficient (Wildman–Crippen LogP) is 5.37. The van der Waals surface area contributed by atoms with Crippen LogP contribution in [0.2, 0.25) is 0 Å². The van der Waals surface area contributed by atoms with Gasteiger partial charge in [-0.2, -0.15) is 0 Å². The van der Waals surface area contributed by atoms with Crippen LogP contribution in [0.4, 0.5) is 5.13 Å². The first-order chi connectivity index (χ1) is 18.5. The SMILES string of the molecule is CCOC(=O)c1ccc2nc(N3C(=O)C4=C(C(=O)C5CCCCC5O4)C3c3ccc(OCC)cc3)sc2c1. The van der Waals surface area contributed by atoms with Crippen molar-refractivity contribution in [2.75, 3.05) is 18.1 Å². The summed E-state index contributed by atoms with van der Waals surface area (Å²) in [6, 6.07) is 12.0. The van der Waals surface area contributed by atoms with Gasteiger partial charge in [0.05, 0.1) is 46.5 Å². The smallest absolute Gasteiger partial charge is 0.338 e. The van der Waals surface area contributed by atoms with E-state index in [2.05, 4.69) is 0 Å². The second-order valence-corrected chi connectivity index (χ2v) is 10.6. The molecule has 2 aliphatic heterocycles. The van der Waals surface area contributed by atoms with E-state index in [0.717, 1.165) is 35.9 Å². The number of aromatic nitrogens is 1. The summed E-state index contributed by atoms with van der Waals surface area (Å²) in [6.07, 6.45) is 3.24. The van der Waals surface area contributed by atoms with Gasteiger partial charge in [0, 0.05) is 0 Å². The van der Waals surface area contributed by atoms with Crippen LogP contribution in [0.3, 0.4) is 0 Å². The second-order valence-electron chi connectivity index (χ2n) is 9.63. The Kier molecular flexibility index (Phi) is 6.39. The Morgan fingerprint density at radius 1 is 1.08 bits per heavy atom. The van der Waals surface area contributed by atoms with Gasteiger partial charge in [0.15, 0.2) is 16.7 Å². The molecule has 1 amide bonds. The minimum Gasteiger partial charge on any atom is -0.494 e. The summed E-state index contributed by atoms with van der Waals surface area (Å²) < 4.78 is 17.8. The number of ether oxygens (including phenoxy) is 3. The topological polar surface area (TPSA) is 95.0 Å². The van der Waals surface area contributed by atoms with Crippen molar-refractivity contribution < 1.29 is 28.6 Å². The van der Waals surface area contributed by atoms with Crippen molar-refractivity contribution in [2.24, 2.45) is 5.92 Å². The molecule has 1 saturated carbocycles. The molecule has 3 atom stereocenters. The van der Waals surface area contributed by atoms with Crippen LogP contribution in [0.15, 0.2) is 53.8 Å². The zero-order chi connectivity index (χ0) is 26.4. The fourth-order valence-electron chi connectivity index (χ4n) is 5.63. The van der Waals surface area contributed by atoms with Crippen molar-refractivity contribution >= 4 is 44.3 Å². The monoisotopic (exact) mass is 532 g/mol. The van der Waals surface area contributed by atoms with Gasteiger partial charge in [-0.25, -0.2) is 9.78 Å². The Hall–Kier alpha value is -3.72. The molecule has 38 heavy (non-hydrogen) atoms. The third-order valence-electron chi connectivity index (χ3n) is 7.36. The summed E-state index contributed by atoms with van der Waals surface area (Å²) in [5, 5.41) is 0.443. The van der Waals surface area contributed by atoms with Gasteiger partial charge in [0.25, 0.3) is 5.91 Å². The molecule has 3 heterocycles.